The van der Waals surface area contributed by atoms with Gasteiger partial charge in [0.05, 0.1) is 32.7 Å². The van der Waals surface area contributed by atoms with Gasteiger partial charge in [0.1, 0.15) is 17.3 Å². The van der Waals surface area contributed by atoms with Crippen LogP contribution in [0.15, 0.2) is 95.6 Å². The first-order valence-corrected chi connectivity index (χ1v) is 11.4. The van der Waals surface area contributed by atoms with E-state index in [1.165, 1.54) is 0 Å². The third-order valence-electron chi connectivity index (χ3n) is 6.10. The van der Waals surface area contributed by atoms with Crippen molar-refractivity contribution in [1.29, 1.82) is 0 Å². The van der Waals surface area contributed by atoms with Crippen LogP contribution < -0.4 is 14.8 Å². The van der Waals surface area contributed by atoms with Crippen LogP contribution in [0, 0.1) is 0 Å². The summed E-state index contributed by atoms with van der Waals surface area (Å²) in [6.07, 6.45) is 1.62. The molecule has 0 saturated carbocycles. The molecule has 0 fully saturated rings. The van der Waals surface area contributed by atoms with E-state index in [0.717, 1.165) is 27.1 Å². The molecule has 1 N–H and O–H groups in total. The summed E-state index contributed by atoms with van der Waals surface area (Å²) in [6.45, 7) is 0.710. The second kappa shape index (κ2) is 9.81. The molecule has 5 rings (SSSR count). The van der Waals surface area contributed by atoms with Crippen molar-refractivity contribution in [2.45, 2.75) is 13.1 Å². The third kappa shape index (κ3) is 4.64. The topological polar surface area (TPSA) is 63.9 Å². The highest BCUT2D eigenvalue weighted by Gasteiger charge is 2.20. The molecule has 6 heteroatoms. The van der Waals surface area contributed by atoms with Crippen molar-refractivity contribution in [3.8, 4) is 11.5 Å². The minimum atomic E-state index is -0.262. The van der Waals surface area contributed by atoms with Crippen LogP contribution in [-0.2, 0) is 13.1 Å². The lowest BCUT2D eigenvalue weighted by atomic mass is 9.96. The van der Waals surface area contributed by atoms with Crippen LogP contribution >= 0.6 is 0 Å². The van der Waals surface area contributed by atoms with E-state index in [4.69, 9.17) is 13.9 Å². The van der Waals surface area contributed by atoms with E-state index in [0.29, 0.717) is 36.0 Å². The number of hydrogen-bond acceptors (Lipinski definition) is 4. The van der Waals surface area contributed by atoms with Gasteiger partial charge in [-0.1, -0.05) is 48.5 Å². The van der Waals surface area contributed by atoms with Gasteiger partial charge in [0, 0.05) is 12.6 Å². The van der Waals surface area contributed by atoms with Crippen LogP contribution in [0.3, 0.4) is 0 Å². The van der Waals surface area contributed by atoms with Gasteiger partial charge in [-0.15, -0.1) is 0 Å². The maximum absolute atomic E-state index is 13.6. The molecule has 35 heavy (non-hydrogen) atoms. The number of benzene rings is 4. The molecule has 5 aromatic rings. The fraction of sp³-hybridized carbons (Fsp3) is 0.138. The molecule has 1 aromatic heterocycles. The number of ether oxygens (including phenoxy) is 2. The summed E-state index contributed by atoms with van der Waals surface area (Å²) in [5.41, 5.74) is 1.65. The summed E-state index contributed by atoms with van der Waals surface area (Å²) in [5, 5.41) is 7.51. The van der Waals surface area contributed by atoms with Crippen molar-refractivity contribution in [2.24, 2.45) is 0 Å². The van der Waals surface area contributed by atoms with E-state index in [-0.39, 0.29) is 6.03 Å². The van der Waals surface area contributed by atoms with Crippen LogP contribution in [0.1, 0.15) is 11.3 Å². The molecular formula is C29H26N2O4. The average molecular weight is 467 g/mol. The van der Waals surface area contributed by atoms with Crippen LogP contribution in [0.2, 0.25) is 0 Å². The number of methoxy groups -OCH3 is 2. The molecule has 0 saturated heterocycles. The molecule has 0 unspecified atom stereocenters. The molecule has 0 aliphatic heterocycles. The van der Waals surface area contributed by atoms with Gasteiger partial charge >= 0.3 is 6.03 Å². The number of furan rings is 1. The molecule has 1 heterocycles. The van der Waals surface area contributed by atoms with E-state index in [9.17, 15) is 4.79 Å². The van der Waals surface area contributed by atoms with Crippen molar-refractivity contribution in [3.63, 3.8) is 0 Å². The van der Waals surface area contributed by atoms with Crippen molar-refractivity contribution < 1.29 is 18.7 Å². The first kappa shape index (κ1) is 22.3. The monoisotopic (exact) mass is 466 g/mol. The second-order valence-electron chi connectivity index (χ2n) is 8.23. The Labute approximate surface area is 203 Å². The normalized spacial score (nSPS) is 10.9. The lowest BCUT2D eigenvalue weighted by Crippen LogP contribution is -2.34. The maximum Gasteiger partial charge on any atom is 0.322 e. The molecule has 0 atom stereocenters. The minimum Gasteiger partial charge on any atom is -0.497 e. The summed E-state index contributed by atoms with van der Waals surface area (Å²) >= 11 is 0. The first-order chi connectivity index (χ1) is 17.2. The fourth-order valence-electron chi connectivity index (χ4n) is 4.36. The summed E-state index contributed by atoms with van der Waals surface area (Å²) in [7, 11) is 3.15. The lowest BCUT2D eigenvalue weighted by Gasteiger charge is -2.25. The SMILES string of the molecule is COc1ccc(NC(=O)N(Cc2ccco2)Cc2c3ccccc3cc3ccccc23)c(OC)c1. The molecule has 0 radical (unpaired) electrons. The number of carbonyl (C=O) groups is 1. The molecule has 6 nitrogen and oxygen atoms in total. The second-order valence-corrected chi connectivity index (χ2v) is 8.23. The standard InChI is InChI=1S/C29H26N2O4/c1-33-22-13-14-27(28(17-22)34-2)30-29(32)31(18-23-10-7-15-35-23)19-26-24-11-5-3-8-20(24)16-21-9-4-6-12-25(21)26/h3-17H,18-19H2,1-2H3,(H,30,32). The minimum absolute atomic E-state index is 0.262. The van der Waals surface area contributed by atoms with Crippen LogP contribution in [0.4, 0.5) is 10.5 Å². The highest BCUT2D eigenvalue weighted by atomic mass is 16.5. The number of amides is 2. The maximum atomic E-state index is 13.6. The zero-order valence-electron chi connectivity index (χ0n) is 19.7. The van der Waals surface area contributed by atoms with E-state index in [2.05, 4.69) is 35.6 Å². The van der Waals surface area contributed by atoms with Gasteiger partial charge < -0.3 is 24.1 Å². The quantitative estimate of drug-likeness (QED) is 0.267. The molecule has 0 aliphatic carbocycles. The highest BCUT2D eigenvalue weighted by molar-refractivity contribution is 6.02. The molecule has 0 spiro atoms. The number of anilines is 1. The Hall–Kier alpha value is -4.45. The van der Waals surface area contributed by atoms with Crippen LogP contribution in [0.25, 0.3) is 21.5 Å². The number of nitrogens with one attached hydrogen (secondary N) is 1. The number of fused-ring (bicyclic) bond motifs is 2. The number of rotatable bonds is 7. The van der Waals surface area contributed by atoms with Gasteiger partial charge in [-0.2, -0.15) is 0 Å². The zero-order valence-corrected chi connectivity index (χ0v) is 19.7. The van der Waals surface area contributed by atoms with E-state index in [1.807, 2.05) is 36.4 Å². The van der Waals surface area contributed by atoms with Gasteiger partial charge in [-0.3, -0.25) is 0 Å². The Morgan fingerprint density at radius 2 is 1.54 bits per heavy atom. The van der Waals surface area contributed by atoms with Gasteiger partial charge in [0.25, 0.3) is 0 Å². The molecule has 2 amide bonds. The van der Waals surface area contributed by atoms with Gasteiger partial charge in [0.2, 0.25) is 0 Å². The zero-order chi connectivity index (χ0) is 24.2. The Bertz CT molecular complexity index is 1420. The van der Waals surface area contributed by atoms with Gasteiger partial charge in [0.15, 0.2) is 0 Å². The lowest BCUT2D eigenvalue weighted by molar-refractivity contribution is 0.201. The largest absolute Gasteiger partial charge is 0.497 e. The summed E-state index contributed by atoms with van der Waals surface area (Å²) in [4.78, 5) is 15.4. The molecule has 0 bridgehead atoms. The molecular weight excluding hydrogens is 440 g/mol. The van der Waals surface area contributed by atoms with E-state index < -0.39 is 0 Å². The van der Waals surface area contributed by atoms with Crippen molar-refractivity contribution in [2.75, 3.05) is 19.5 Å². The third-order valence-corrected chi connectivity index (χ3v) is 6.10. The van der Waals surface area contributed by atoms with Crippen LogP contribution in [-0.4, -0.2) is 25.2 Å². The predicted molar refractivity (Wildman–Crippen MR) is 138 cm³/mol. The summed E-state index contributed by atoms with van der Waals surface area (Å²) in [5.74, 6) is 1.87. The van der Waals surface area contributed by atoms with Crippen molar-refractivity contribution in [1.82, 2.24) is 4.90 Å². The van der Waals surface area contributed by atoms with Crippen molar-refractivity contribution in [3.05, 3.63) is 103 Å². The Morgan fingerprint density at radius 1 is 0.829 bits per heavy atom. The number of nitrogens with zero attached hydrogens (tertiary/aromatic N) is 1. The molecule has 4 aromatic carbocycles. The number of urea groups is 1. The highest BCUT2D eigenvalue weighted by Crippen LogP contribution is 2.32. The van der Waals surface area contributed by atoms with E-state index in [1.54, 1.807) is 43.6 Å². The van der Waals surface area contributed by atoms with Gasteiger partial charge in [-0.05, 0) is 57.4 Å². The number of carbonyl (C=O) groups excluding carboxylic acids is 1. The molecule has 176 valence electrons. The Kier molecular flexibility index (Phi) is 6.26. The Morgan fingerprint density at radius 3 is 2.17 bits per heavy atom. The first-order valence-electron chi connectivity index (χ1n) is 11.4. The average Bonchev–Trinajstić information content (AvgIpc) is 3.41. The summed E-state index contributed by atoms with van der Waals surface area (Å²) < 4.78 is 16.3. The Balaban J connectivity index is 1.54. The van der Waals surface area contributed by atoms with E-state index >= 15 is 0 Å². The smallest absolute Gasteiger partial charge is 0.322 e. The van der Waals surface area contributed by atoms with Gasteiger partial charge in [-0.25, -0.2) is 4.79 Å². The van der Waals surface area contributed by atoms with Crippen LogP contribution in [0.5, 0.6) is 11.5 Å². The fourth-order valence-corrected chi connectivity index (χ4v) is 4.36. The molecule has 0 aliphatic rings. The number of hydrogen-bond donors (Lipinski definition) is 1. The summed E-state index contributed by atoms with van der Waals surface area (Å²) in [6, 6.07) is 27.4. The van der Waals surface area contributed by atoms with Crippen molar-refractivity contribution >= 4 is 33.3 Å². The predicted octanol–water partition coefficient (Wildman–Crippen LogP) is 6.84.